The van der Waals surface area contributed by atoms with Gasteiger partial charge in [0.1, 0.15) is 11.7 Å². The average Bonchev–Trinajstić information content (AvgIpc) is 3.36. The van der Waals surface area contributed by atoms with Crippen LogP contribution in [0, 0.1) is 0 Å². The van der Waals surface area contributed by atoms with Crippen LogP contribution in [0.5, 0.6) is 0 Å². The van der Waals surface area contributed by atoms with Crippen molar-refractivity contribution in [3.05, 3.63) is 131 Å². The first-order chi connectivity index (χ1) is 16.3. The largest absolute Gasteiger partial charge is 0.354 e. The minimum Gasteiger partial charge on any atom is -0.354 e. The second-order valence-corrected chi connectivity index (χ2v) is 10.3. The number of aryl methyl sites for hydroxylation is 1. The van der Waals surface area contributed by atoms with Crippen LogP contribution in [0.1, 0.15) is 10.6 Å². The van der Waals surface area contributed by atoms with Gasteiger partial charge < -0.3 is 4.90 Å². The van der Waals surface area contributed by atoms with Gasteiger partial charge in [-0.15, -0.1) is 0 Å². The van der Waals surface area contributed by atoms with Crippen molar-refractivity contribution in [3.63, 3.8) is 0 Å². The molecule has 1 aliphatic heterocycles. The van der Waals surface area contributed by atoms with Gasteiger partial charge in [0.25, 0.3) is 5.01 Å². The molecule has 2 aromatic carbocycles. The Kier molecular flexibility index (Phi) is 6.75. The van der Waals surface area contributed by atoms with Gasteiger partial charge in [0.15, 0.2) is 0 Å². The average molecular weight is 468 g/mol. The van der Waals surface area contributed by atoms with Crippen molar-refractivity contribution in [1.82, 2.24) is 4.90 Å². The molecule has 0 saturated carbocycles. The molecular formula is C29H27N2S2+. The Morgan fingerprint density at radius 3 is 2.52 bits per heavy atom. The second kappa shape index (κ2) is 10.2. The fraction of sp³-hybridized carbons (Fsp3) is 0.138. The summed E-state index contributed by atoms with van der Waals surface area (Å²) in [7, 11) is 2.12. The summed E-state index contributed by atoms with van der Waals surface area (Å²) in [6.45, 7) is 0.928. The fourth-order valence-corrected chi connectivity index (χ4v) is 6.52. The normalized spacial score (nSPS) is 21.5. The summed E-state index contributed by atoms with van der Waals surface area (Å²) < 4.78 is 3.56. The molecule has 2 unspecified atom stereocenters. The van der Waals surface area contributed by atoms with E-state index in [2.05, 4.69) is 138 Å². The Labute approximate surface area is 204 Å². The molecule has 1 saturated heterocycles. The van der Waals surface area contributed by atoms with Crippen LogP contribution in [-0.4, -0.2) is 16.2 Å². The number of hydrogen-bond donors (Lipinski definition) is 0. The summed E-state index contributed by atoms with van der Waals surface area (Å²) in [5.41, 5.74) is 2.62. The molecule has 1 aromatic heterocycles. The SMILES string of the molecule is C[n+]1c(/C=C/C=C/C=C/C=C2\SC3C=CC=CC3N2Cc2ccccc2)sc2ccccc21. The molecule has 2 heterocycles. The maximum absolute atomic E-state index is 2.51. The molecular weight excluding hydrogens is 440 g/mol. The summed E-state index contributed by atoms with van der Waals surface area (Å²) >= 11 is 3.76. The van der Waals surface area contributed by atoms with Crippen LogP contribution < -0.4 is 4.57 Å². The first-order valence-electron chi connectivity index (χ1n) is 11.2. The van der Waals surface area contributed by atoms with Gasteiger partial charge in [-0.05, 0) is 17.7 Å². The van der Waals surface area contributed by atoms with Crippen molar-refractivity contribution in [1.29, 1.82) is 0 Å². The molecule has 0 spiro atoms. The van der Waals surface area contributed by atoms with Crippen LogP contribution in [0.3, 0.4) is 0 Å². The monoisotopic (exact) mass is 467 g/mol. The van der Waals surface area contributed by atoms with Crippen molar-refractivity contribution >= 4 is 39.4 Å². The minimum atomic E-state index is 0.417. The van der Waals surface area contributed by atoms with E-state index in [0.29, 0.717) is 11.3 Å². The number of thiazole rings is 1. The lowest BCUT2D eigenvalue weighted by atomic mass is 10.1. The number of thioether (sulfide) groups is 1. The summed E-state index contributed by atoms with van der Waals surface area (Å²) in [5, 5.41) is 3.05. The zero-order valence-electron chi connectivity index (χ0n) is 18.6. The zero-order chi connectivity index (χ0) is 22.5. The Hall–Kier alpha value is -3.08. The third kappa shape index (κ3) is 4.97. The first kappa shape index (κ1) is 21.7. The van der Waals surface area contributed by atoms with E-state index in [-0.39, 0.29) is 0 Å². The van der Waals surface area contributed by atoms with Gasteiger partial charge in [-0.1, -0.05) is 120 Å². The molecule has 2 atom stereocenters. The molecule has 33 heavy (non-hydrogen) atoms. The highest BCUT2D eigenvalue weighted by Crippen LogP contribution is 2.42. The molecule has 2 aliphatic rings. The molecule has 0 N–H and O–H groups in total. The van der Waals surface area contributed by atoms with Gasteiger partial charge in [0.2, 0.25) is 5.52 Å². The van der Waals surface area contributed by atoms with Gasteiger partial charge in [-0.2, -0.15) is 4.57 Å². The zero-order valence-corrected chi connectivity index (χ0v) is 20.3. The van der Waals surface area contributed by atoms with Gasteiger partial charge in [0.05, 0.1) is 16.3 Å². The summed E-state index contributed by atoms with van der Waals surface area (Å²) in [5.74, 6) is 0. The molecule has 4 heteroatoms. The van der Waals surface area contributed by atoms with E-state index in [1.165, 1.54) is 25.8 Å². The van der Waals surface area contributed by atoms with Crippen LogP contribution in [0.25, 0.3) is 16.3 Å². The number of rotatable bonds is 6. The molecule has 1 aliphatic carbocycles. The lowest BCUT2D eigenvalue weighted by molar-refractivity contribution is -0.642. The number of allylic oxidation sites excluding steroid dienone is 8. The molecule has 5 rings (SSSR count). The Bertz CT molecular complexity index is 1290. The van der Waals surface area contributed by atoms with E-state index in [4.69, 9.17) is 0 Å². The van der Waals surface area contributed by atoms with E-state index >= 15 is 0 Å². The van der Waals surface area contributed by atoms with Gasteiger partial charge in [0, 0.05) is 18.7 Å². The summed E-state index contributed by atoms with van der Waals surface area (Å²) in [6.07, 6.45) is 23.9. The van der Waals surface area contributed by atoms with Crippen LogP contribution in [-0.2, 0) is 13.6 Å². The Morgan fingerprint density at radius 2 is 1.64 bits per heavy atom. The quantitative estimate of drug-likeness (QED) is 0.291. The van der Waals surface area contributed by atoms with Gasteiger partial charge in [-0.3, -0.25) is 0 Å². The van der Waals surface area contributed by atoms with Crippen molar-refractivity contribution < 1.29 is 4.57 Å². The molecule has 0 bridgehead atoms. The van der Waals surface area contributed by atoms with Crippen molar-refractivity contribution in [2.45, 2.75) is 17.8 Å². The van der Waals surface area contributed by atoms with Gasteiger partial charge >= 0.3 is 0 Å². The minimum absolute atomic E-state index is 0.417. The van der Waals surface area contributed by atoms with E-state index in [1.54, 1.807) is 0 Å². The number of benzene rings is 2. The fourth-order valence-electron chi connectivity index (χ4n) is 4.15. The molecule has 2 nitrogen and oxygen atoms in total. The molecule has 3 aromatic rings. The van der Waals surface area contributed by atoms with Crippen LogP contribution >= 0.6 is 23.1 Å². The van der Waals surface area contributed by atoms with E-state index in [1.807, 2.05) is 23.1 Å². The summed E-state index contributed by atoms with van der Waals surface area (Å²) in [6, 6.07) is 19.7. The van der Waals surface area contributed by atoms with E-state index < -0.39 is 0 Å². The van der Waals surface area contributed by atoms with Crippen LogP contribution in [0.15, 0.2) is 120 Å². The highest BCUT2D eigenvalue weighted by atomic mass is 32.2. The first-order valence-corrected chi connectivity index (χ1v) is 12.9. The molecule has 0 amide bonds. The lowest BCUT2D eigenvalue weighted by Crippen LogP contribution is -2.32. The maximum Gasteiger partial charge on any atom is 0.262 e. The number of hydrogen-bond acceptors (Lipinski definition) is 3. The predicted molar refractivity (Wildman–Crippen MR) is 144 cm³/mol. The lowest BCUT2D eigenvalue weighted by Gasteiger charge is -2.27. The smallest absolute Gasteiger partial charge is 0.262 e. The summed E-state index contributed by atoms with van der Waals surface area (Å²) in [4.78, 5) is 2.51. The number of aromatic nitrogens is 1. The predicted octanol–water partition coefficient (Wildman–Crippen LogP) is 6.81. The van der Waals surface area contributed by atoms with Gasteiger partial charge in [-0.25, -0.2) is 0 Å². The highest BCUT2D eigenvalue weighted by molar-refractivity contribution is 8.04. The molecule has 1 fully saturated rings. The Morgan fingerprint density at radius 1 is 0.879 bits per heavy atom. The van der Waals surface area contributed by atoms with Crippen molar-refractivity contribution in [2.75, 3.05) is 0 Å². The number of nitrogens with zero attached hydrogens (tertiary/aromatic N) is 2. The van der Waals surface area contributed by atoms with Crippen LogP contribution in [0.4, 0.5) is 0 Å². The van der Waals surface area contributed by atoms with Crippen molar-refractivity contribution in [2.24, 2.45) is 7.05 Å². The Balaban J connectivity index is 1.25. The van der Waals surface area contributed by atoms with Crippen LogP contribution in [0.2, 0.25) is 0 Å². The second-order valence-electron chi connectivity index (χ2n) is 8.06. The standard InChI is InChI=1S/C29H27N2S2/c1-30-24-16-10-12-18-26(24)32-28(30)20-8-3-2-4-9-21-29-31(22-23-14-6-5-7-15-23)25-17-11-13-19-27(25)33-29/h2-21,25,27H,22H2,1H3/q+1. The third-order valence-corrected chi connectivity index (χ3v) is 8.35. The highest BCUT2D eigenvalue weighted by Gasteiger charge is 2.35. The maximum atomic E-state index is 2.51. The number of fused-ring (bicyclic) bond motifs is 2. The van der Waals surface area contributed by atoms with Crippen molar-refractivity contribution in [3.8, 4) is 0 Å². The van der Waals surface area contributed by atoms with E-state index in [9.17, 15) is 0 Å². The molecule has 164 valence electrons. The van der Waals surface area contributed by atoms with E-state index in [0.717, 1.165) is 6.54 Å². The topological polar surface area (TPSA) is 7.12 Å². The third-order valence-electron chi connectivity index (χ3n) is 5.85. The molecule has 0 radical (unpaired) electrons. The number of para-hydroxylation sites is 1.